The van der Waals surface area contributed by atoms with Crippen molar-refractivity contribution < 1.29 is 49.1 Å². The maximum Gasteiger partial charge on any atom is 1.00 e. The van der Waals surface area contributed by atoms with E-state index in [9.17, 15) is 37.1 Å². The van der Waals surface area contributed by atoms with Gasteiger partial charge in [-0.3, -0.25) is 34.9 Å². The molecule has 282 valence electrons. The van der Waals surface area contributed by atoms with Crippen molar-refractivity contribution in [1.82, 2.24) is 9.97 Å². The molecule has 0 radical (unpaired) electrons. The molecule has 0 fully saturated rings. The zero-order chi connectivity index (χ0) is 37.7. The fraction of sp³-hybridized carbons (Fsp3) is 0.0286. The Bertz CT molecular complexity index is 2240. The Kier molecular flexibility index (Phi) is 17.2. The van der Waals surface area contributed by atoms with E-state index in [1.54, 1.807) is 91.3 Å². The summed E-state index contributed by atoms with van der Waals surface area (Å²) in [6, 6.07) is 34.2. The Balaban J connectivity index is 0.000000345. The molecule has 2 heterocycles. The standard InChI is InChI=1S/C17H13N3O4S.C17H12N3O4S.CH4.Ag.S2/c2*21-20(22)16-10-3-4-11-17(16)25(23,24)19-15-9-2-1-7-13(15)14-8-5-6-12-18-14;;;1-2/h1-12,19H;1-12H;1H4;;/q;-1;;+1;. The molecule has 4 aromatic carbocycles. The molecule has 0 saturated heterocycles. The molecule has 0 unspecified atom stereocenters. The number of para-hydroxylation sites is 3. The van der Waals surface area contributed by atoms with Gasteiger partial charge >= 0.3 is 22.4 Å². The van der Waals surface area contributed by atoms with E-state index < -0.39 is 51.1 Å². The smallest absolute Gasteiger partial charge is 0.572 e. The van der Waals surface area contributed by atoms with Crippen LogP contribution in [0.5, 0.6) is 0 Å². The van der Waals surface area contributed by atoms with Crippen molar-refractivity contribution >= 4 is 65.2 Å². The molecule has 0 amide bonds. The average molecular weight is 898 g/mol. The molecule has 19 heteroatoms. The van der Waals surface area contributed by atoms with Gasteiger partial charge in [-0.2, -0.15) is 0 Å². The summed E-state index contributed by atoms with van der Waals surface area (Å²) in [4.78, 5) is 28.3. The minimum atomic E-state index is -4.26. The minimum Gasteiger partial charge on any atom is -0.572 e. The van der Waals surface area contributed by atoms with Gasteiger partial charge in [-0.1, -0.05) is 86.3 Å². The second kappa shape index (κ2) is 20.8. The summed E-state index contributed by atoms with van der Waals surface area (Å²) in [7, 11) is -8.40. The Morgan fingerprint density at radius 2 is 1.00 bits per heavy atom. The van der Waals surface area contributed by atoms with E-state index in [-0.39, 0.29) is 35.5 Å². The number of nitrogens with one attached hydrogen (secondary N) is 1. The van der Waals surface area contributed by atoms with Gasteiger partial charge in [0.1, 0.15) is 14.9 Å². The Morgan fingerprint density at radius 3 is 1.54 bits per heavy atom. The van der Waals surface area contributed by atoms with Gasteiger partial charge in [0, 0.05) is 52.5 Å². The molecule has 6 rings (SSSR count). The van der Waals surface area contributed by atoms with Crippen LogP contribution in [-0.2, 0) is 64.8 Å². The molecular weight excluding hydrogens is 869 g/mol. The molecule has 0 aliphatic rings. The van der Waals surface area contributed by atoms with E-state index in [0.29, 0.717) is 28.2 Å². The largest absolute Gasteiger partial charge is 1.00 e. The number of benzene rings is 4. The number of sulfonamides is 2. The normalized spacial score (nSPS) is 10.3. The summed E-state index contributed by atoms with van der Waals surface area (Å²) in [5.74, 6) is 0. The first kappa shape index (κ1) is 44.8. The molecule has 54 heavy (non-hydrogen) atoms. The Labute approximate surface area is 337 Å². The molecule has 0 bridgehead atoms. The van der Waals surface area contributed by atoms with E-state index in [0.717, 1.165) is 12.1 Å². The van der Waals surface area contributed by atoms with Crippen LogP contribution in [0.4, 0.5) is 22.7 Å². The van der Waals surface area contributed by atoms with Gasteiger partial charge < -0.3 is 4.72 Å². The number of pyridine rings is 2. The number of anilines is 1. The Morgan fingerprint density at radius 1 is 0.574 bits per heavy atom. The van der Waals surface area contributed by atoms with Crippen molar-refractivity contribution in [2.24, 2.45) is 0 Å². The molecule has 0 atom stereocenters. The average Bonchev–Trinajstić information content (AvgIpc) is 3.17. The zero-order valence-corrected chi connectivity index (χ0v) is 31.5. The van der Waals surface area contributed by atoms with Gasteiger partial charge in [-0.15, -0.1) is 5.69 Å². The van der Waals surface area contributed by atoms with Gasteiger partial charge in [0.2, 0.25) is 0 Å². The molecule has 1 N–H and O–H groups in total. The molecule has 0 spiro atoms. The van der Waals surface area contributed by atoms with Crippen LogP contribution >= 0.6 is 0 Å². The molecular formula is C35H29AgN6O8S4. The van der Waals surface area contributed by atoms with E-state index in [2.05, 4.69) is 41.8 Å². The van der Waals surface area contributed by atoms with Crippen LogP contribution < -0.4 is 4.72 Å². The van der Waals surface area contributed by atoms with E-state index >= 15 is 0 Å². The van der Waals surface area contributed by atoms with Gasteiger partial charge in [-0.25, -0.2) is 16.8 Å². The number of rotatable bonds is 10. The molecule has 0 aliphatic heterocycles. The van der Waals surface area contributed by atoms with Crippen molar-refractivity contribution in [3.8, 4) is 22.5 Å². The number of aromatic nitrogens is 2. The topological polar surface area (TPSA) is 206 Å². The summed E-state index contributed by atoms with van der Waals surface area (Å²) in [6.45, 7) is 0. The summed E-state index contributed by atoms with van der Waals surface area (Å²) in [5.41, 5.74) is 1.70. The predicted octanol–water partition coefficient (Wildman–Crippen LogP) is 8.14. The number of nitro groups is 2. The van der Waals surface area contributed by atoms with Crippen molar-refractivity contribution in [2.45, 2.75) is 17.2 Å². The fourth-order valence-corrected chi connectivity index (χ4v) is 7.08. The van der Waals surface area contributed by atoms with Gasteiger partial charge in [0.15, 0.2) is 4.90 Å². The first-order valence-electron chi connectivity index (χ1n) is 14.6. The molecule has 0 aliphatic carbocycles. The van der Waals surface area contributed by atoms with Crippen LogP contribution in [0.2, 0.25) is 0 Å². The second-order valence-corrected chi connectivity index (χ2v) is 13.3. The van der Waals surface area contributed by atoms with Crippen LogP contribution in [0.25, 0.3) is 27.2 Å². The molecule has 14 nitrogen and oxygen atoms in total. The minimum absolute atomic E-state index is 0. The van der Waals surface area contributed by atoms with Gasteiger partial charge in [-0.05, 0) is 48.0 Å². The predicted molar refractivity (Wildman–Crippen MR) is 208 cm³/mol. The van der Waals surface area contributed by atoms with Crippen molar-refractivity contribution in [3.05, 3.63) is 171 Å². The van der Waals surface area contributed by atoms with Gasteiger partial charge in [0.05, 0.1) is 26.9 Å². The maximum absolute atomic E-state index is 12.7. The first-order valence-corrected chi connectivity index (χ1v) is 18.9. The van der Waals surface area contributed by atoms with Crippen LogP contribution in [0.15, 0.2) is 156 Å². The number of hydrogen-bond acceptors (Lipinski definition) is 12. The summed E-state index contributed by atoms with van der Waals surface area (Å²) >= 11 is 7.33. The van der Waals surface area contributed by atoms with E-state index in [1.807, 2.05) is 0 Å². The molecule has 0 saturated carbocycles. The summed E-state index contributed by atoms with van der Waals surface area (Å²) < 4.78 is 56.8. The third-order valence-electron chi connectivity index (χ3n) is 6.87. The van der Waals surface area contributed by atoms with E-state index in [1.165, 1.54) is 42.5 Å². The van der Waals surface area contributed by atoms with Crippen LogP contribution in [0.3, 0.4) is 0 Å². The summed E-state index contributed by atoms with van der Waals surface area (Å²) in [5, 5.41) is 22.2. The third-order valence-corrected chi connectivity index (χ3v) is 9.62. The number of nitrogens with zero attached hydrogens (tertiary/aromatic N) is 5. The number of nitro benzene ring substituents is 2. The van der Waals surface area contributed by atoms with Crippen molar-refractivity contribution in [1.29, 1.82) is 0 Å². The quantitative estimate of drug-likeness (QED) is 0.0786. The van der Waals surface area contributed by atoms with Crippen LogP contribution in [0.1, 0.15) is 7.43 Å². The van der Waals surface area contributed by atoms with Crippen molar-refractivity contribution in [2.75, 3.05) is 4.72 Å². The fourth-order valence-electron chi connectivity index (χ4n) is 4.65. The monoisotopic (exact) mass is 896 g/mol. The SMILES string of the molecule is C.O=[N+]([O-])c1ccccc1S(=O)(=O)Nc1ccccc1-c1ccccn1.O=[N+]([O-])c1ccccc1S(=O)(=O)[N-]c1ccccc1-c1ccccn1.S=S.[Ag+]. The number of hydrogen-bond donors (Lipinski definition) is 1. The Hall–Kier alpha value is -5.34. The second-order valence-electron chi connectivity index (χ2n) is 10.1. The molecule has 6 aromatic rings. The van der Waals surface area contributed by atoms with Gasteiger partial charge in [0.25, 0.3) is 21.4 Å². The first-order chi connectivity index (χ1) is 25.0. The van der Waals surface area contributed by atoms with E-state index in [4.69, 9.17) is 0 Å². The zero-order valence-electron chi connectivity index (χ0n) is 26.8. The van der Waals surface area contributed by atoms with Crippen molar-refractivity contribution in [3.63, 3.8) is 0 Å². The summed E-state index contributed by atoms with van der Waals surface area (Å²) in [6.07, 6.45) is 3.19. The maximum atomic E-state index is 12.7. The third kappa shape index (κ3) is 11.3. The van der Waals surface area contributed by atoms with Crippen LogP contribution in [0, 0.1) is 20.2 Å². The molecule has 2 aromatic heterocycles. The van der Waals surface area contributed by atoms with Crippen LogP contribution in [-0.4, -0.2) is 36.7 Å².